The van der Waals surface area contributed by atoms with Crippen LogP contribution in [-0.4, -0.2) is 25.7 Å². The smallest absolute Gasteiger partial charge is 0.256 e. The molecule has 1 aromatic carbocycles. The highest BCUT2D eigenvalue weighted by atomic mass is 79.9. The third-order valence-corrected chi connectivity index (χ3v) is 3.42. The minimum atomic E-state index is -0.239. The Morgan fingerprint density at radius 2 is 2.14 bits per heavy atom. The van der Waals surface area contributed by atoms with Gasteiger partial charge in [0.2, 0.25) is 0 Å². The van der Waals surface area contributed by atoms with Crippen molar-refractivity contribution in [2.75, 3.05) is 5.32 Å². The molecule has 7 heteroatoms. The number of hydrogen-bond donors (Lipinski definition) is 1. The van der Waals surface area contributed by atoms with Crippen molar-refractivity contribution in [3.8, 4) is 5.69 Å². The first kappa shape index (κ1) is 13.4. The molecule has 0 atom stereocenters. The molecule has 3 rings (SSSR count). The number of halogens is 1. The van der Waals surface area contributed by atoms with Gasteiger partial charge >= 0.3 is 0 Å². The normalized spacial score (nSPS) is 10.3. The SMILES string of the molecule is O=C(Nc1ncccc1Br)c1cccc(-n2cncn2)c1. The molecule has 6 nitrogen and oxygen atoms in total. The molecular formula is C14H10BrN5O. The van der Waals surface area contributed by atoms with Crippen LogP contribution >= 0.6 is 15.9 Å². The van der Waals surface area contributed by atoms with E-state index in [0.29, 0.717) is 11.4 Å². The molecule has 1 N–H and O–H groups in total. The van der Waals surface area contributed by atoms with Gasteiger partial charge in [-0.2, -0.15) is 5.10 Å². The van der Waals surface area contributed by atoms with Gasteiger partial charge in [-0.1, -0.05) is 6.07 Å². The number of carbonyl (C=O) groups is 1. The molecule has 104 valence electrons. The molecular weight excluding hydrogens is 334 g/mol. The minimum absolute atomic E-state index is 0.239. The second-order valence-corrected chi connectivity index (χ2v) is 5.03. The van der Waals surface area contributed by atoms with Crippen LogP contribution in [0.5, 0.6) is 0 Å². The zero-order valence-electron chi connectivity index (χ0n) is 10.8. The molecule has 0 spiro atoms. The van der Waals surface area contributed by atoms with Gasteiger partial charge < -0.3 is 5.32 Å². The topological polar surface area (TPSA) is 72.7 Å². The Bertz CT molecular complexity index is 773. The van der Waals surface area contributed by atoms with Crippen molar-refractivity contribution in [3.63, 3.8) is 0 Å². The van der Waals surface area contributed by atoms with Crippen molar-refractivity contribution >= 4 is 27.7 Å². The Balaban J connectivity index is 1.85. The second kappa shape index (κ2) is 5.84. The third kappa shape index (κ3) is 2.97. The zero-order chi connectivity index (χ0) is 14.7. The average Bonchev–Trinajstić information content (AvgIpc) is 3.04. The van der Waals surface area contributed by atoms with Gasteiger partial charge in [-0.15, -0.1) is 0 Å². The molecule has 0 radical (unpaired) electrons. The molecule has 21 heavy (non-hydrogen) atoms. The molecule has 2 heterocycles. The summed E-state index contributed by atoms with van der Waals surface area (Å²) in [6.45, 7) is 0. The minimum Gasteiger partial charge on any atom is -0.306 e. The lowest BCUT2D eigenvalue weighted by molar-refractivity contribution is 0.102. The standard InChI is InChI=1S/C14H10BrN5O/c15-12-5-2-6-17-13(12)19-14(21)10-3-1-4-11(7-10)20-9-16-8-18-20/h1-9H,(H,17,19,21). The van der Waals surface area contributed by atoms with Crippen LogP contribution in [0.3, 0.4) is 0 Å². The van der Waals surface area contributed by atoms with E-state index in [1.54, 1.807) is 41.5 Å². The number of benzene rings is 1. The van der Waals surface area contributed by atoms with E-state index in [0.717, 1.165) is 10.2 Å². The molecule has 0 aliphatic rings. The number of hydrogen-bond acceptors (Lipinski definition) is 4. The van der Waals surface area contributed by atoms with E-state index >= 15 is 0 Å². The molecule has 0 aliphatic heterocycles. The van der Waals surface area contributed by atoms with E-state index in [1.165, 1.54) is 6.33 Å². The zero-order valence-corrected chi connectivity index (χ0v) is 12.4. The van der Waals surface area contributed by atoms with E-state index in [4.69, 9.17) is 0 Å². The monoisotopic (exact) mass is 343 g/mol. The first-order chi connectivity index (χ1) is 10.2. The fourth-order valence-corrected chi connectivity index (χ4v) is 2.14. The van der Waals surface area contributed by atoms with Crippen molar-refractivity contribution in [1.82, 2.24) is 19.7 Å². The lowest BCUT2D eigenvalue weighted by atomic mass is 10.2. The molecule has 0 saturated carbocycles. The van der Waals surface area contributed by atoms with Crippen molar-refractivity contribution in [3.05, 3.63) is 65.3 Å². The van der Waals surface area contributed by atoms with Crippen LogP contribution in [0.1, 0.15) is 10.4 Å². The molecule has 3 aromatic rings. The Morgan fingerprint density at radius 3 is 2.90 bits per heavy atom. The molecule has 0 saturated heterocycles. The van der Waals surface area contributed by atoms with E-state index in [2.05, 4.69) is 36.3 Å². The lowest BCUT2D eigenvalue weighted by Crippen LogP contribution is -2.13. The number of aromatic nitrogens is 4. The summed E-state index contributed by atoms with van der Waals surface area (Å²) in [5, 5.41) is 6.80. The number of anilines is 1. The van der Waals surface area contributed by atoms with Gasteiger partial charge in [0.25, 0.3) is 5.91 Å². The molecule has 0 bridgehead atoms. The van der Waals surface area contributed by atoms with Crippen molar-refractivity contribution < 1.29 is 4.79 Å². The Kier molecular flexibility index (Phi) is 3.74. The average molecular weight is 344 g/mol. The number of rotatable bonds is 3. The Morgan fingerprint density at radius 1 is 1.24 bits per heavy atom. The van der Waals surface area contributed by atoms with E-state index in [-0.39, 0.29) is 5.91 Å². The van der Waals surface area contributed by atoms with Crippen LogP contribution in [-0.2, 0) is 0 Å². The Hall–Kier alpha value is -2.54. The third-order valence-electron chi connectivity index (χ3n) is 2.78. The predicted octanol–water partition coefficient (Wildman–Crippen LogP) is 2.68. The number of pyridine rings is 1. The highest BCUT2D eigenvalue weighted by Gasteiger charge is 2.10. The van der Waals surface area contributed by atoms with Gasteiger partial charge in [0.05, 0.1) is 10.2 Å². The molecule has 1 amide bonds. The van der Waals surface area contributed by atoms with Gasteiger partial charge in [-0.3, -0.25) is 4.79 Å². The van der Waals surface area contributed by atoms with E-state index in [1.807, 2.05) is 12.1 Å². The van der Waals surface area contributed by atoms with Crippen LogP contribution < -0.4 is 5.32 Å². The van der Waals surface area contributed by atoms with Gasteiger partial charge in [-0.25, -0.2) is 14.6 Å². The summed E-state index contributed by atoms with van der Waals surface area (Å²) in [7, 11) is 0. The van der Waals surface area contributed by atoms with E-state index in [9.17, 15) is 4.79 Å². The maximum Gasteiger partial charge on any atom is 0.256 e. The molecule has 0 unspecified atom stereocenters. The van der Waals surface area contributed by atoms with Crippen molar-refractivity contribution in [1.29, 1.82) is 0 Å². The highest BCUT2D eigenvalue weighted by Crippen LogP contribution is 2.19. The largest absolute Gasteiger partial charge is 0.306 e. The number of nitrogens with zero attached hydrogens (tertiary/aromatic N) is 4. The van der Waals surface area contributed by atoms with Crippen LogP contribution in [0, 0.1) is 0 Å². The van der Waals surface area contributed by atoms with Gasteiger partial charge in [0.15, 0.2) is 0 Å². The quantitative estimate of drug-likeness (QED) is 0.793. The summed E-state index contributed by atoms with van der Waals surface area (Å²) in [6, 6.07) is 10.7. The summed E-state index contributed by atoms with van der Waals surface area (Å²) in [6.07, 6.45) is 4.64. The summed E-state index contributed by atoms with van der Waals surface area (Å²) in [5.74, 6) is 0.241. The first-order valence-electron chi connectivity index (χ1n) is 6.11. The van der Waals surface area contributed by atoms with Crippen LogP contribution in [0.15, 0.2) is 59.7 Å². The fourth-order valence-electron chi connectivity index (χ4n) is 1.79. The fraction of sp³-hybridized carbons (Fsp3) is 0. The molecule has 2 aromatic heterocycles. The lowest BCUT2D eigenvalue weighted by Gasteiger charge is -2.07. The van der Waals surface area contributed by atoms with Gasteiger partial charge in [0, 0.05) is 11.8 Å². The van der Waals surface area contributed by atoms with Crippen LogP contribution in [0.25, 0.3) is 5.69 Å². The van der Waals surface area contributed by atoms with Gasteiger partial charge in [0.1, 0.15) is 18.5 Å². The first-order valence-corrected chi connectivity index (χ1v) is 6.90. The summed E-state index contributed by atoms with van der Waals surface area (Å²) < 4.78 is 2.32. The highest BCUT2D eigenvalue weighted by molar-refractivity contribution is 9.10. The second-order valence-electron chi connectivity index (χ2n) is 4.18. The maximum atomic E-state index is 12.3. The maximum absolute atomic E-state index is 12.3. The number of nitrogens with one attached hydrogen (secondary N) is 1. The van der Waals surface area contributed by atoms with Crippen LogP contribution in [0.2, 0.25) is 0 Å². The van der Waals surface area contributed by atoms with Crippen molar-refractivity contribution in [2.24, 2.45) is 0 Å². The van der Waals surface area contributed by atoms with Crippen molar-refractivity contribution in [2.45, 2.75) is 0 Å². The molecule has 0 aliphatic carbocycles. The summed E-state index contributed by atoms with van der Waals surface area (Å²) >= 11 is 3.34. The summed E-state index contributed by atoms with van der Waals surface area (Å²) in [5.41, 5.74) is 1.28. The van der Waals surface area contributed by atoms with Gasteiger partial charge in [-0.05, 0) is 46.3 Å². The molecule has 0 fully saturated rings. The predicted molar refractivity (Wildman–Crippen MR) is 81.2 cm³/mol. The van der Waals surface area contributed by atoms with Crippen LogP contribution in [0.4, 0.5) is 5.82 Å². The Labute approximate surface area is 129 Å². The number of amides is 1. The van der Waals surface area contributed by atoms with E-state index < -0.39 is 0 Å². The number of carbonyl (C=O) groups excluding carboxylic acids is 1. The summed E-state index contributed by atoms with van der Waals surface area (Å²) in [4.78, 5) is 20.3.